The molecule has 0 aromatic heterocycles. The first-order chi connectivity index (χ1) is 6.11. The minimum absolute atomic E-state index is 0.0619. The minimum Gasteiger partial charge on any atom is -0.322 e. The molecule has 0 heterocycles. The summed E-state index contributed by atoms with van der Waals surface area (Å²) in [5.74, 6) is 0.0619. The van der Waals surface area contributed by atoms with Crippen LogP contribution in [-0.4, -0.2) is 11.8 Å². The summed E-state index contributed by atoms with van der Waals surface area (Å²) in [6, 6.07) is 7.29. The Morgan fingerprint density at radius 3 is 2.69 bits per heavy atom. The summed E-state index contributed by atoms with van der Waals surface area (Å²) in [7, 11) is 0. The van der Waals surface area contributed by atoms with Crippen molar-refractivity contribution >= 4 is 21.7 Å². The van der Waals surface area contributed by atoms with Gasteiger partial charge in [-0.1, -0.05) is 34.1 Å². The van der Waals surface area contributed by atoms with Crippen LogP contribution in [0.1, 0.15) is 12.5 Å². The number of Topliss-reactive ketones (excluding diaryl/α,β-unsaturated/α-hetero) is 1. The number of halogens is 1. The molecule has 0 amide bonds. The third-order valence-electron chi connectivity index (χ3n) is 1.83. The second-order valence-corrected chi connectivity index (χ2v) is 3.88. The van der Waals surface area contributed by atoms with Crippen LogP contribution in [0.5, 0.6) is 0 Å². The van der Waals surface area contributed by atoms with Crippen molar-refractivity contribution in [3.63, 3.8) is 0 Å². The summed E-state index contributed by atoms with van der Waals surface area (Å²) in [4.78, 5) is 11.3. The molecular weight excluding hydrogens is 230 g/mol. The Morgan fingerprint density at radius 1 is 1.54 bits per heavy atom. The SMILES string of the molecule is CC(N)C(=O)Cc1ccccc1Br. The van der Waals surface area contributed by atoms with Crippen molar-refractivity contribution in [1.82, 2.24) is 0 Å². The number of ketones is 1. The summed E-state index contributed by atoms with van der Waals surface area (Å²) in [6.07, 6.45) is 0.402. The zero-order valence-corrected chi connectivity index (χ0v) is 9.04. The third-order valence-corrected chi connectivity index (χ3v) is 2.60. The van der Waals surface area contributed by atoms with E-state index in [0.29, 0.717) is 6.42 Å². The van der Waals surface area contributed by atoms with Crippen molar-refractivity contribution in [2.24, 2.45) is 5.73 Å². The highest BCUT2D eigenvalue weighted by molar-refractivity contribution is 9.10. The van der Waals surface area contributed by atoms with Crippen molar-refractivity contribution in [2.75, 3.05) is 0 Å². The minimum atomic E-state index is -0.382. The van der Waals surface area contributed by atoms with Gasteiger partial charge in [-0.15, -0.1) is 0 Å². The molecule has 0 spiro atoms. The molecule has 70 valence electrons. The lowest BCUT2D eigenvalue weighted by Gasteiger charge is -2.05. The quantitative estimate of drug-likeness (QED) is 0.879. The highest BCUT2D eigenvalue weighted by Crippen LogP contribution is 2.16. The largest absolute Gasteiger partial charge is 0.322 e. The summed E-state index contributed by atoms with van der Waals surface area (Å²) in [6.45, 7) is 1.71. The lowest BCUT2D eigenvalue weighted by molar-refractivity contribution is -0.119. The van der Waals surface area contributed by atoms with E-state index in [9.17, 15) is 4.79 Å². The van der Waals surface area contributed by atoms with E-state index >= 15 is 0 Å². The van der Waals surface area contributed by atoms with Gasteiger partial charge in [0.15, 0.2) is 5.78 Å². The average Bonchev–Trinajstić information content (AvgIpc) is 2.08. The third kappa shape index (κ3) is 2.94. The molecule has 0 saturated heterocycles. The monoisotopic (exact) mass is 241 g/mol. The van der Waals surface area contributed by atoms with E-state index in [-0.39, 0.29) is 11.8 Å². The van der Waals surface area contributed by atoms with E-state index in [2.05, 4.69) is 15.9 Å². The maximum absolute atomic E-state index is 11.3. The number of hydrogen-bond acceptors (Lipinski definition) is 2. The first-order valence-electron chi connectivity index (χ1n) is 4.13. The topological polar surface area (TPSA) is 43.1 Å². The molecule has 2 N–H and O–H groups in total. The number of hydrogen-bond donors (Lipinski definition) is 1. The van der Waals surface area contributed by atoms with Crippen LogP contribution in [0, 0.1) is 0 Å². The predicted molar refractivity (Wildman–Crippen MR) is 56.5 cm³/mol. The number of carbonyl (C=O) groups excluding carboxylic acids is 1. The van der Waals surface area contributed by atoms with Crippen LogP contribution in [0.2, 0.25) is 0 Å². The summed E-state index contributed by atoms with van der Waals surface area (Å²) in [5, 5.41) is 0. The van der Waals surface area contributed by atoms with Gasteiger partial charge in [-0.2, -0.15) is 0 Å². The fourth-order valence-corrected chi connectivity index (χ4v) is 1.42. The molecule has 1 atom stereocenters. The van der Waals surface area contributed by atoms with Crippen molar-refractivity contribution in [1.29, 1.82) is 0 Å². The number of benzene rings is 1. The van der Waals surface area contributed by atoms with E-state index in [4.69, 9.17) is 5.73 Å². The normalized spacial score (nSPS) is 12.5. The molecule has 1 unspecified atom stereocenters. The molecule has 0 radical (unpaired) electrons. The van der Waals surface area contributed by atoms with Gasteiger partial charge in [0.05, 0.1) is 6.04 Å². The van der Waals surface area contributed by atoms with Crippen LogP contribution >= 0.6 is 15.9 Å². The smallest absolute Gasteiger partial charge is 0.153 e. The molecule has 0 aliphatic rings. The first-order valence-corrected chi connectivity index (χ1v) is 4.92. The van der Waals surface area contributed by atoms with Crippen LogP contribution in [0.15, 0.2) is 28.7 Å². The van der Waals surface area contributed by atoms with E-state index < -0.39 is 0 Å². The Bertz CT molecular complexity index is 310. The standard InChI is InChI=1S/C10H12BrNO/c1-7(12)10(13)6-8-4-2-3-5-9(8)11/h2-5,7H,6,12H2,1H3. The van der Waals surface area contributed by atoms with E-state index in [1.54, 1.807) is 6.92 Å². The van der Waals surface area contributed by atoms with Gasteiger partial charge in [0.1, 0.15) is 0 Å². The summed E-state index contributed by atoms with van der Waals surface area (Å²) in [5.41, 5.74) is 6.46. The lowest BCUT2D eigenvalue weighted by atomic mass is 10.1. The first kappa shape index (κ1) is 10.4. The van der Waals surface area contributed by atoms with Crippen LogP contribution in [-0.2, 0) is 11.2 Å². The van der Waals surface area contributed by atoms with Gasteiger partial charge in [-0.05, 0) is 18.6 Å². The number of carbonyl (C=O) groups is 1. The Hall–Kier alpha value is -0.670. The van der Waals surface area contributed by atoms with Crippen LogP contribution < -0.4 is 5.73 Å². The van der Waals surface area contributed by atoms with Gasteiger partial charge in [0.25, 0.3) is 0 Å². The Kier molecular flexibility index (Phi) is 3.63. The highest BCUT2D eigenvalue weighted by atomic mass is 79.9. The van der Waals surface area contributed by atoms with E-state index in [1.807, 2.05) is 24.3 Å². The Labute approximate surface area is 86.3 Å². The zero-order valence-electron chi connectivity index (χ0n) is 7.46. The fraction of sp³-hybridized carbons (Fsp3) is 0.300. The maximum Gasteiger partial charge on any atom is 0.153 e. The molecule has 1 aromatic carbocycles. The molecule has 0 bridgehead atoms. The molecule has 0 aliphatic heterocycles. The van der Waals surface area contributed by atoms with Gasteiger partial charge in [0.2, 0.25) is 0 Å². The summed E-state index contributed by atoms with van der Waals surface area (Å²) >= 11 is 3.38. The molecule has 1 aromatic rings. The zero-order chi connectivity index (χ0) is 9.84. The molecule has 0 fully saturated rings. The Balaban J connectivity index is 2.75. The Morgan fingerprint density at radius 2 is 2.15 bits per heavy atom. The van der Waals surface area contributed by atoms with Crippen molar-refractivity contribution in [3.05, 3.63) is 34.3 Å². The highest BCUT2D eigenvalue weighted by Gasteiger charge is 2.09. The van der Waals surface area contributed by atoms with Gasteiger partial charge in [-0.25, -0.2) is 0 Å². The van der Waals surface area contributed by atoms with Crippen molar-refractivity contribution in [3.8, 4) is 0 Å². The van der Waals surface area contributed by atoms with Gasteiger partial charge in [-0.3, -0.25) is 4.79 Å². The molecule has 1 rings (SSSR count). The predicted octanol–water partition coefficient (Wildman–Crippen LogP) is 1.91. The van der Waals surface area contributed by atoms with Crippen LogP contribution in [0.4, 0.5) is 0 Å². The van der Waals surface area contributed by atoms with Crippen molar-refractivity contribution in [2.45, 2.75) is 19.4 Å². The van der Waals surface area contributed by atoms with Gasteiger partial charge in [0, 0.05) is 10.9 Å². The van der Waals surface area contributed by atoms with Gasteiger partial charge >= 0.3 is 0 Å². The fourth-order valence-electron chi connectivity index (χ4n) is 0.990. The second-order valence-electron chi connectivity index (χ2n) is 3.02. The lowest BCUT2D eigenvalue weighted by Crippen LogP contribution is -2.28. The van der Waals surface area contributed by atoms with Crippen LogP contribution in [0.25, 0.3) is 0 Å². The molecule has 2 nitrogen and oxygen atoms in total. The molecule has 3 heteroatoms. The average molecular weight is 242 g/mol. The summed E-state index contributed by atoms with van der Waals surface area (Å²) < 4.78 is 0.962. The number of nitrogens with two attached hydrogens (primary N) is 1. The van der Waals surface area contributed by atoms with Crippen LogP contribution in [0.3, 0.4) is 0 Å². The molecular formula is C10H12BrNO. The number of rotatable bonds is 3. The van der Waals surface area contributed by atoms with Crippen molar-refractivity contribution < 1.29 is 4.79 Å². The molecule has 0 saturated carbocycles. The molecule has 13 heavy (non-hydrogen) atoms. The van der Waals surface area contributed by atoms with Gasteiger partial charge < -0.3 is 5.73 Å². The van der Waals surface area contributed by atoms with E-state index in [1.165, 1.54) is 0 Å². The van der Waals surface area contributed by atoms with E-state index in [0.717, 1.165) is 10.0 Å². The molecule has 0 aliphatic carbocycles. The maximum atomic E-state index is 11.3. The second kappa shape index (κ2) is 4.53.